The molecule has 0 saturated heterocycles. The minimum Gasteiger partial charge on any atom is -0.332 e. The molecule has 1 rings (SSSR count). The van der Waals surface area contributed by atoms with Gasteiger partial charge in [-0.1, -0.05) is 39.0 Å². The maximum Gasteiger partial charge on any atom is 0.226 e. The third kappa shape index (κ3) is 4.99. The molecule has 0 aliphatic heterocycles. The highest BCUT2D eigenvalue weighted by Gasteiger charge is 2.10. The summed E-state index contributed by atoms with van der Waals surface area (Å²) in [5.74, 6) is 0.416. The van der Waals surface area contributed by atoms with E-state index in [1.54, 1.807) is 0 Å². The van der Waals surface area contributed by atoms with Crippen molar-refractivity contribution >= 4 is 28.9 Å². The van der Waals surface area contributed by atoms with Crippen LogP contribution in [-0.2, 0) is 4.79 Å². The number of carbonyl (C=O) groups excluding carboxylic acids is 1. The number of amides is 1. The van der Waals surface area contributed by atoms with Crippen LogP contribution >= 0.6 is 12.2 Å². The van der Waals surface area contributed by atoms with Crippen molar-refractivity contribution in [2.45, 2.75) is 46.0 Å². The van der Waals surface area contributed by atoms with Crippen LogP contribution < -0.4 is 10.6 Å². The van der Waals surface area contributed by atoms with Gasteiger partial charge in [0.15, 0.2) is 5.11 Å². The molecule has 0 radical (unpaired) electrons. The smallest absolute Gasteiger partial charge is 0.226 e. The first kappa shape index (κ1) is 15.6. The SMILES string of the molecule is CCCC(=O)NC(=S)Nc1ccccc1[C@@H](C)CC. The summed E-state index contributed by atoms with van der Waals surface area (Å²) < 4.78 is 0. The molecule has 3 nitrogen and oxygen atoms in total. The highest BCUT2D eigenvalue weighted by atomic mass is 32.1. The zero-order chi connectivity index (χ0) is 14.3. The molecule has 0 heterocycles. The fourth-order valence-electron chi connectivity index (χ4n) is 1.83. The summed E-state index contributed by atoms with van der Waals surface area (Å²) in [4.78, 5) is 11.5. The molecule has 0 spiro atoms. The van der Waals surface area contributed by atoms with E-state index in [1.165, 1.54) is 5.56 Å². The van der Waals surface area contributed by atoms with Gasteiger partial charge in [-0.3, -0.25) is 4.79 Å². The quantitative estimate of drug-likeness (QED) is 0.805. The van der Waals surface area contributed by atoms with Crippen molar-refractivity contribution in [1.29, 1.82) is 0 Å². The van der Waals surface area contributed by atoms with Crippen molar-refractivity contribution < 1.29 is 4.79 Å². The second kappa shape index (κ2) is 7.89. The second-order valence-corrected chi connectivity index (χ2v) is 5.06. The Bertz CT molecular complexity index is 446. The average molecular weight is 278 g/mol. The van der Waals surface area contributed by atoms with Gasteiger partial charge in [-0.2, -0.15) is 0 Å². The van der Waals surface area contributed by atoms with Crippen molar-refractivity contribution in [2.24, 2.45) is 0 Å². The predicted octanol–water partition coefficient (Wildman–Crippen LogP) is 3.81. The Morgan fingerprint density at radius 3 is 2.63 bits per heavy atom. The summed E-state index contributed by atoms with van der Waals surface area (Å²) in [6, 6.07) is 8.06. The Labute approximate surface area is 120 Å². The van der Waals surface area contributed by atoms with Gasteiger partial charge in [-0.25, -0.2) is 0 Å². The number of rotatable bonds is 5. The maximum absolute atomic E-state index is 11.5. The van der Waals surface area contributed by atoms with Gasteiger partial charge in [0.05, 0.1) is 0 Å². The summed E-state index contributed by atoms with van der Waals surface area (Å²) in [7, 11) is 0. The van der Waals surface area contributed by atoms with Crippen molar-refractivity contribution in [2.75, 3.05) is 5.32 Å². The Kier molecular flexibility index (Phi) is 6.50. The number of para-hydroxylation sites is 1. The number of nitrogens with one attached hydrogen (secondary N) is 2. The van der Waals surface area contributed by atoms with Crippen molar-refractivity contribution in [3.63, 3.8) is 0 Å². The molecule has 0 saturated carbocycles. The second-order valence-electron chi connectivity index (χ2n) is 4.65. The topological polar surface area (TPSA) is 41.1 Å². The van der Waals surface area contributed by atoms with Gasteiger partial charge in [0, 0.05) is 12.1 Å². The first-order valence-electron chi connectivity index (χ1n) is 6.78. The molecule has 0 fully saturated rings. The van der Waals surface area contributed by atoms with Crippen molar-refractivity contribution in [3.05, 3.63) is 29.8 Å². The van der Waals surface area contributed by atoms with E-state index in [2.05, 4.69) is 30.5 Å². The summed E-state index contributed by atoms with van der Waals surface area (Å²) >= 11 is 5.17. The zero-order valence-corrected chi connectivity index (χ0v) is 12.6. The number of benzene rings is 1. The highest BCUT2D eigenvalue weighted by Crippen LogP contribution is 2.26. The van der Waals surface area contributed by atoms with Gasteiger partial charge >= 0.3 is 0 Å². The third-order valence-corrected chi connectivity index (χ3v) is 3.29. The fourth-order valence-corrected chi connectivity index (χ4v) is 2.05. The van der Waals surface area contributed by atoms with Gasteiger partial charge in [-0.05, 0) is 42.6 Å². The molecule has 0 aromatic heterocycles. The first-order chi connectivity index (χ1) is 9.08. The lowest BCUT2D eigenvalue weighted by Gasteiger charge is -2.17. The molecule has 0 aliphatic rings. The molecule has 1 amide bonds. The lowest BCUT2D eigenvalue weighted by atomic mass is 9.97. The lowest BCUT2D eigenvalue weighted by molar-refractivity contribution is -0.119. The third-order valence-electron chi connectivity index (χ3n) is 3.08. The molecule has 2 N–H and O–H groups in total. The first-order valence-corrected chi connectivity index (χ1v) is 7.19. The number of hydrogen-bond acceptors (Lipinski definition) is 2. The van der Waals surface area contributed by atoms with Gasteiger partial charge in [0.25, 0.3) is 0 Å². The predicted molar refractivity (Wildman–Crippen MR) is 84.4 cm³/mol. The number of thiocarbonyl (C=S) groups is 1. The molecular weight excluding hydrogens is 256 g/mol. The maximum atomic E-state index is 11.5. The molecule has 0 unspecified atom stereocenters. The van der Waals surface area contributed by atoms with Gasteiger partial charge in [0.1, 0.15) is 0 Å². The van der Waals surface area contributed by atoms with Crippen molar-refractivity contribution in [3.8, 4) is 0 Å². The van der Waals surface area contributed by atoms with E-state index in [4.69, 9.17) is 12.2 Å². The van der Waals surface area contributed by atoms with Crippen molar-refractivity contribution in [1.82, 2.24) is 5.32 Å². The fraction of sp³-hybridized carbons (Fsp3) is 0.467. The normalized spacial score (nSPS) is 11.7. The number of hydrogen-bond donors (Lipinski definition) is 2. The zero-order valence-electron chi connectivity index (χ0n) is 11.8. The largest absolute Gasteiger partial charge is 0.332 e. The van der Waals surface area contributed by atoms with Crippen LogP contribution in [0, 0.1) is 0 Å². The van der Waals surface area contributed by atoms with E-state index in [-0.39, 0.29) is 5.91 Å². The standard InChI is InChI=1S/C15H22N2OS/c1-4-8-14(18)17-15(19)16-13-10-7-6-9-12(13)11(3)5-2/h6-7,9-11H,4-5,8H2,1-3H3,(H2,16,17,18,19)/t11-/m0/s1. The molecule has 1 atom stereocenters. The Hall–Kier alpha value is -1.42. The number of anilines is 1. The molecule has 1 aromatic carbocycles. The van der Waals surface area contributed by atoms with E-state index in [0.717, 1.165) is 18.5 Å². The van der Waals surface area contributed by atoms with E-state index in [1.807, 2.05) is 25.1 Å². The van der Waals surface area contributed by atoms with Crippen LogP contribution in [-0.4, -0.2) is 11.0 Å². The Morgan fingerprint density at radius 1 is 1.32 bits per heavy atom. The summed E-state index contributed by atoms with van der Waals surface area (Å²) in [6.45, 7) is 6.30. The number of carbonyl (C=O) groups is 1. The van der Waals surface area contributed by atoms with E-state index in [0.29, 0.717) is 17.5 Å². The van der Waals surface area contributed by atoms with Gasteiger partial charge < -0.3 is 10.6 Å². The van der Waals surface area contributed by atoms with Crippen LogP contribution in [0.15, 0.2) is 24.3 Å². The minimum absolute atomic E-state index is 0.0407. The van der Waals surface area contributed by atoms with E-state index >= 15 is 0 Å². The van der Waals surface area contributed by atoms with Gasteiger partial charge in [-0.15, -0.1) is 0 Å². The molecule has 0 bridgehead atoms. The summed E-state index contributed by atoms with van der Waals surface area (Å²) in [6.07, 6.45) is 2.38. The molecule has 0 aliphatic carbocycles. The average Bonchev–Trinajstić information content (AvgIpc) is 2.38. The molecule has 19 heavy (non-hydrogen) atoms. The van der Waals surface area contributed by atoms with Crippen LogP contribution in [0.4, 0.5) is 5.69 Å². The molecular formula is C15H22N2OS. The summed E-state index contributed by atoms with van der Waals surface area (Å²) in [5.41, 5.74) is 2.19. The Balaban J connectivity index is 2.71. The molecule has 4 heteroatoms. The monoisotopic (exact) mass is 278 g/mol. The molecule has 104 valence electrons. The van der Waals surface area contributed by atoms with E-state index < -0.39 is 0 Å². The van der Waals surface area contributed by atoms with Crippen LogP contribution in [0.25, 0.3) is 0 Å². The Morgan fingerprint density at radius 2 is 2.00 bits per heavy atom. The van der Waals surface area contributed by atoms with Crippen LogP contribution in [0.3, 0.4) is 0 Å². The van der Waals surface area contributed by atoms with Crippen LogP contribution in [0.2, 0.25) is 0 Å². The van der Waals surface area contributed by atoms with Gasteiger partial charge in [0.2, 0.25) is 5.91 Å². The van der Waals surface area contributed by atoms with E-state index in [9.17, 15) is 4.79 Å². The molecule has 1 aromatic rings. The highest BCUT2D eigenvalue weighted by molar-refractivity contribution is 7.80. The summed E-state index contributed by atoms with van der Waals surface area (Å²) in [5, 5.41) is 6.18. The van der Waals surface area contributed by atoms with Crippen LogP contribution in [0.1, 0.15) is 51.5 Å². The van der Waals surface area contributed by atoms with Crippen LogP contribution in [0.5, 0.6) is 0 Å². The lowest BCUT2D eigenvalue weighted by Crippen LogP contribution is -2.34. The minimum atomic E-state index is -0.0407.